The first-order valence-corrected chi connectivity index (χ1v) is 7.10. The van der Waals surface area contributed by atoms with Crippen molar-refractivity contribution in [2.45, 2.75) is 12.8 Å². The molecule has 0 radical (unpaired) electrons. The Morgan fingerprint density at radius 1 is 1.09 bits per heavy atom. The number of fused-ring (bicyclic) bond motifs is 1. The number of carbonyl (C=O) groups excluding carboxylic acids is 1. The lowest BCUT2D eigenvalue weighted by Gasteiger charge is -2.29. The number of anilines is 1. The summed E-state index contributed by atoms with van der Waals surface area (Å²) < 4.78 is 39.8. The average Bonchev–Trinajstić information content (AvgIpc) is 2.49. The molecule has 3 rings (SSSR count). The SMILES string of the molecule is O=C(c1cc(F)c(F)cc1Cl)N1CCCc2cc(F)ccc21. The minimum Gasteiger partial charge on any atom is -0.308 e. The Morgan fingerprint density at radius 2 is 1.82 bits per heavy atom. The first kappa shape index (κ1) is 14.9. The summed E-state index contributed by atoms with van der Waals surface area (Å²) in [7, 11) is 0. The number of hydrogen-bond donors (Lipinski definition) is 0. The smallest absolute Gasteiger partial charge is 0.259 e. The minimum absolute atomic E-state index is 0.113. The number of amides is 1. The molecular weight excluding hydrogens is 315 g/mol. The van der Waals surface area contributed by atoms with E-state index in [0.29, 0.717) is 30.6 Å². The van der Waals surface area contributed by atoms with Gasteiger partial charge in [0.05, 0.1) is 10.6 Å². The van der Waals surface area contributed by atoms with Crippen LogP contribution in [0.25, 0.3) is 0 Å². The third kappa shape index (κ3) is 2.57. The van der Waals surface area contributed by atoms with Crippen LogP contribution in [0, 0.1) is 17.5 Å². The highest BCUT2D eigenvalue weighted by Crippen LogP contribution is 2.31. The van der Waals surface area contributed by atoms with Crippen LogP contribution in [0.15, 0.2) is 30.3 Å². The van der Waals surface area contributed by atoms with Gasteiger partial charge in [-0.3, -0.25) is 4.79 Å². The van der Waals surface area contributed by atoms with Gasteiger partial charge in [0.25, 0.3) is 5.91 Å². The number of carbonyl (C=O) groups is 1. The Kier molecular flexibility index (Phi) is 3.83. The lowest BCUT2D eigenvalue weighted by Crippen LogP contribution is -2.35. The molecule has 1 heterocycles. The van der Waals surface area contributed by atoms with Crippen LogP contribution < -0.4 is 4.90 Å². The second-order valence-corrected chi connectivity index (χ2v) is 5.49. The zero-order valence-corrected chi connectivity index (χ0v) is 12.1. The van der Waals surface area contributed by atoms with Crippen LogP contribution in [0.3, 0.4) is 0 Å². The van der Waals surface area contributed by atoms with Crippen LogP contribution in [-0.4, -0.2) is 12.5 Å². The third-order valence-electron chi connectivity index (χ3n) is 3.65. The van der Waals surface area contributed by atoms with E-state index in [9.17, 15) is 18.0 Å². The maximum atomic E-state index is 13.4. The van der Waals surface area contributed by atoms with Crippen LogP contribution in [0.4, 0.5) is 18.9 Å². The van der Waals surface area contributed by atoms with Crippen molar-refractivity contribution in [3.8, 4) is 0 Å². The second kappa shape index (κ2) is 5.65. The van der Waals surface area contributed by atoms with Crippen LogP contribution in [-0.2, 0) is 6.42 Å². The summed E-state index contributed by atoms with van der Waals surface area (Å²) in [6.07, 6.45) is 1.31. The van der Waals surface area contributed by atoms with Crippen molar-refractivity contribution >= 4 is 23.2 Å². The highest BCUT2D eigenvalue weighted by molar-refractivity contribution is 6.34. The van der Waals surface area contributed by atoms with Crippen molar-refractivity contribution in [2.75, 3.05) is 11.4 Å². The summed E-state index contributed by atoms with van der Waals surface area (Å²) in [5, 5.41) is -0.155. The molecule has 0 unspecified atom stereocenters. The topological polar surface area (TPSA) is 20.3 Å². The number of nitrogens with zero attached hydrogens (tertiary/aromatic N) is 1. The molecule has 2 aromatic carbocycles. The van der Waals surface area contributed by atoms with Gasteiger partial charge < -0.3 is 4.90 Å². The van der Waals surface area contributed by atoms with E-state index < -0.39 is 17.5 Å². The van der Waals surface area contributed by atoms with E-state index in [1.807, 2.05) is 0 Å². The van der Waals surface area contributed by atoms with Crippen LogP contribution >= 0.6 is 11.6 Å². The zero-order chi connectivity index (χ0) is 15.9. The van der Waals surface area contributed by atoms with Crippen molar-refractivity contribution in [1.29, 1.82) is 0 Å². The highest BCUT2D eigenvalue weighted by Gasteiger charge is 2.26. The van der Waals surface area contributed by atoms with E-state index in [0.717, 1.165) is 12.1 Å². The molecule has 0 saturated heterocycles. The molecular formula is C16H11ClF3NO. The van der Waals surface area contributed by atoms with Gasteiger partial charge in [-0.15, -0.1) is 0 Å². The maximum Gasteiger partial charge on any atom is 0.259 e. The van der Waals surface area contributed by atoms with Crippen molar-refractivity contribution in [3.05, 3.63) is 63.9 Å². The first-order valence-electron chi connectivity index (χ1n) is 6.72. The lowest BCUT2D eigenvalue weighted by molar-refractivity contribution is 0.0984. The third-order valence-corrected chi connectivity index (χ3v) is 3.96. The van der Waals surface area contributed by atoms with Gasteiger partial charge in [-0.2, -0.15) is 0 Å². The Balaban J connectivity index is 2.03. The molecule has 114 valence electrons. The molecule has 2 aromatic rings. The summed E-state index contributed by atoms with van der Waals surface area (Å²) >= 11 is 5.85. The lowest BCUT2D eigenvalue weighted by atomic mass is 10.0. The van der Waals surface area contributed by atoms with Crippen molar-refractivity contribution in [3.63, 3.8) is 0 Å². The highest BCUT2D eigenvalue weighted by atomic mass is 35.5. The second-order valence-electron chi connectivity index (χ2n) is 5.08. The minimum atomic E-state index is -1.14. The fourth-order valence-corrected chi connectivity index (χ4v) is 2.84. The molecule has 0 saturated carbocycles. The molecule has 0 bridgehead atoms. The predicted molar refractivity (Wildman–Crippen MR) is 77.8 cm³/mol. The molecule has 2 nitrogen and oxygen atoms in total. The number of benzene rings is 2. The predicted octanol–water partition coefficient (Wildman–Crippen LogP) is 4.35. The quantitative estimate of drug-likeness (QED) is 0.714. The Bertz CT molecular complexity index is 763. The Morgan fingerprint density at radius 3 is 2.59 bits per heavy atom. The Labute approximate surface area is 130 Å². The van der Waals surface area contributed by atoms with E-state index in [-0.39, 0.29) is 16.4 Å². The zero-order valence-electron chi connectivity index (χ0n) is 11.4. The van der Waals surface area contributed by atoms with Crippen LogP contribution in [0.5, 0.6) is 0 Å². The van der Waals surface area contributed by atoms with E-state index >= 15 is 0 Å². The van der Waals surface area contributed by atoms with Gasteiger partial charge in [-0.25, -0.2) is 13.2 Å². The molecule has 0 aliphatic carbocycles. The average molecular weight is 326 g/mol. The molecule has 0 atom stereocenters. The van der Waals surface area contributed by atoms with Gasteiger partial charge >= 0.3 is 0 Å². The number of aryl methyl sites for hydroxylation is 1. The number of rotatable bonds is 1. The molecule has 0 N–H and O–H groups in total. The molecule has 0 fully saturated rings. The first-order chi connectivity index (χ1) is 10.5. The van der Waals surface area contributed by atoms with Gasteiger partial charge in [0.15, 0.2) is 11.6 Å². The van der Waals surface area contributed by atoms with Gasteiger partial charge in [0.1, 0.15) is 5.82 Å². The largest absolute Gasteiger partial charge is 0.308 e. The van der Waals surface area contributed by atoms with Crippen LogP contribution in [0.1, 0.15) is 22.3 Å². The molecule has 0 spiro atoms. The van der Waals surface area contributed by atoms with Gasteiger partial charge in [-0.05, 0) is 48.7 Å². The summed E-state index contributed by atoms with van der Waals surface area (Å²) in [4.78, 5) is 14.0. The van der Waals surface area contributed by atoms with Crippen molar-refractivity contribution in [1.82, 2.24) is 0 Å². The monoisotopic (exact) mass is 325 g/mol. The normalized spacial score (nSPS) is 13.9. The Hall–Kier alpha value is -2.01. The molecule has 0 aromatic heterocycles. The fraction of sp³-hybridized carbons (Fsp3) is 0.188. The molecule has 1 aliphatic rings. The molecule has 1 aliphatic heterocycles. The summed E-state index contributed by atoms with van der Waals surface area (Å²) in [6, 6.07) is 5.71. The standard InChI is InChI=1S/C16H11ClF3NO/c17-12-8-14(20)13(19)7-11(12)16(22)21-5-1-2-9-6-10(18)3-4-15(9)21/h3-4,6-8H,1-2,5H2. The molecule has 22 heavy (non-hydrogen) atoms. The van der Waals surface area contributed by atoms with E-state index in [1.165, 1.54) is 23.1 Å². The maximum absolute atomic E-state index is 13.4. The number of halogens is 4. The van der Waals surface area contributed by atoms with Crippen molar-refractivity contribution < 1.29 is 18.0 Å². The van der Waals surface area contributed by atoms with Gasteiger partial charge in [0.2, 0.25) is 0 Å². The van der Waals surface area contributed by atoms with Crippen molar-refractivity contribution in [2.24, 2.45) is 0 Å². The van der Waals surface area contributed by atoms with Crippen LogP contribution in [0.2, 0.25) is 5.02 Å². The summed E-state index contributed by atoms with van der Waals surface area (Å²) in [5.41, 5.74) is 1.16. The molecule has 1 amide bonds. The van der Waals surface area contributed by atoms with Gasteiger partial charge in [0, 0.05) is 12.2 Å². The fourth-order valence-electron chi connectivity index (χ4n) is 2.61. The number of hydrogen-bond acceptors (Lipinski definition) is 1. The van der Waals surface area contributed by atoms with Gasteiger partial charge in [-0.1, -0.05) is 11.6 Å². The van der Waals surface area contributed by atoms with E-state index in [2.05, 4.69) is 0 Å². The molecule has 6 heteroatoms. The summed E-state index contributed by atoms with van der Waals surface area (Å²) in [6.45, 7) is 0.410. The summed E-state index contributed by atoms with van der Waals surface area (Å²) in [5.74, 6) is -3.15. The van der Waals surface area contributed by atoms with E-state index in [4.69, 9.17) is 11.6 Å². The van der Waals surface area contributed by atoms with E-state index in [1.54, 1.807) is 0 Å².